The van der Waals surface area contributed by atoms with E-state index in [-0.39, 0.29) is 0 Å². The molecule has 0 amide bonds. The van der Waals surface area contributed by atoms with Crippen LogP contribution in [0.5, 0.6) is 5.88 Å². The molecule has 0 saturated carbocycles. The molecule has 1 aliphatic rings. The molecule has 1 aliphatic heterocycles. The summed E-state index contributed by atoms with van der Waals surface area (Å²) in [7, 11) is 1.62. The second-order valence-electron chi connectivity index (χ2n) is 6.67. The SMILES string of the molecule is COc1nccnc1-c1ccc(CN2CCC(c3ccn[nH]3)CC2)cc1. The standard InChI is InChI=1S/C20H23N5O/c1-26-20-19(21-10-11-22-20)17-4-2-15(3-5-17)14-25-12-7-16(8-13-25)18-6-9-23-24-18/h2-6,9-11,16H,7-8,12-14H2,1H3,(H,23,24). The minimum absolute atomic E-state index is 0.557. The van der Waals surface area contributed by atoms with Gasteiger partial charge in [-0.15, -0.1) is 0 Å². The molecule has 3 aromatic rings. The first-order valence-corrected chi connectivity index (χ1v) is 8.99. The number of methoxy groups -OCH3 is 1. The Morgan fingerprint density at radius 1 is 1.04 bits per heavy atom. The van der Waals surface area contributed by atoms with Crippen molar-refractivity contribution in [2.45, 2.75) is 25.3 Å². The van der Waals surface area contributed by atoms with Crippen molar-refractivity contribution in [1.82, 2.24) is 25.1 Å². The van der Waals surface area contributed by atoms with E-state index in [1.54, 1.807) is 19.5 Å². The summed E-state index contributed by atoms with van der Waals surface area (Å²) < 4.78 is 5.30. The van der Waals surface area contributed by atoms with Gasteiger partial charge in [-0.05, 0) is 37.6 Å². The number of ether oxygens (including phenoxy) is 1. The van der Waals surface area contributed by atoms with E-state index in [0.29, 0.717) is 11.8 Å². The van der Waals surface area contributed by atoms with Gasteiger partial charge < -0.3 is 4.74 Å². The number of hydrogen-bond acceptors (Lipinski definition) is 5. The van der Waals surface area contributed by atoms with E-state index in [4.69, 9.17) is 4.74 Å². The zero-order valence-corrected chi connectivity index (χ0v) is 14.9. The van der Waals surface area contributed by atoms with Gasteiger partial charge in [0.1, 0.15) is 5.69 Å². The maximum Gasteiger partial charge on any atom is 0.240 e. The van der Waals surface area contributed by atoms with Gasteiger partial charge >= 0.3 is 0 Å². The van der Waals surface area contributed by atoms with Crippen LogP contribution in [0.1, 0.15) is 30.0 Å². The number of likely N-dealkylation sites (tertiary alicyclic amines) is 1. The Labute approximate surface area is 153 Å². The first kappa shape index (κ1) is 16.7. The number of aromatic amines is 1. The first-order chi connectivity index (χ1) is 12.8. The van der Waals surface area contributed by atoms with Crippen LogP contribution in [-0.2, 0) is 6.54 Å². The third-order valence-corrected chi connectivity index (χ3v) is 5.04. The lowest BCUT2D eigenvalue weighted by atomic mass is 9.93. The van der Waals surface area contributed by atoms with Gasteiger partial charge in [0.05, 0.1) is 7.11 Å². The number of H-pyrrole nitrogens is 1. The quantitative estimate of drug-likeness (QED) is 0.766. The number of rotatable bonds is 5. The fraction of sp³-hybridized carbons (Fsp3) is 0.350. The number of hydrogen-bond donors (Lipinski definition) is 1. The molecular weight excluding hydrogens is 326 g/mol. The summed E-state index contributed by atoms with van der Waals surface area (Å²) in [6.45, 7) is 3.21. The molecule has 26 heavy (non-hydrogen) atoms. The molecular formula is C20H23N5O. The smallest absolute Gasteiger partial charge is 0.240 e. The summed E-state index contributed by atoms with van der Waals surface area (Å²) in [6, 6.07) is 10.6. The van der Waals surface area contributed by atoms with Crippen LogP contribution in [0.4, 0.5) is 0 Å². The molecule has 6 heteroatoms. The Bertz CT molecular complexity index is 824. The van der Waals surface area contributed by atoms with Gasteiger partial charge in [0, 0.05) is 42.3 Å². The number of piperidine rings is 1. The van der Waals surface area contributed by atoms with Crippen LogP contribution in [0, 0.1) is 0 Å². The van der Waals surface area contributed by atoms with Crippen LogP contribution in [-0.4, -0.2) is 45.3 Å². The molecule has 3 heterocycles. The monoisotopic (exact) mass is 349 g/mol. The third kappa shape index (κ3) is 3.60. The number of nitrogens with zero attached hydrogens (tertiary/aromatic N) is 4. The fourth-order valence-electron chi connectivity index (χ4n) is 3.59. The molecule has 0 aliphatic carbocycles. The van der Waals surface area contributed by atoms with Crippen LogP contribution in [0.25, 0.3) is 11.3 Å². The number of benzene rings is 1. The van der Waals surface area contributed by atoms with Crippen molar-refractivity contribution in [2.24, 2.45) is 0 Å². The van der Waals surface area contributed by atoms with E-state index in [2.05, 4.69) is 55.4 Å². The molecule has 4 rings (SSSR count). The van der Waals surface area contributed by atoms with Crippen molar-refractivity contribution in [1.29, 1.82) is 0 Å². The fourth-order valence-corrected chi connectivity index (χ4v) is 3.59. The van der Waals surface area contributed by atoms with E-state index in [0.717, 1.165) is 30.9 Å². The summed E-state index contributed by atoms with van der Waals surface area (Å²) in [6.07, 6.45) is 7.53. The molecule has 0 unspecified atom stereocenters. The van der Waals surface area contributed by atoms with Gasteiger partial charge in [0.15, 0.2) is 0 Å². The molecule has 134 valence electrons. The molecule has 0 radical (unpaired) electrons. The zero-order valence-electron chi connectivity index (χ0n) is 14.9. The molecule has 0 spiro atoms. The Balaban J connectivity index is 1.38. The zero-order chi connectivity index (χ0) is 17.8. The van der Waals surface area contributed by atoms with Gasteiger partial charge in [0.2, 0.25) is 5.88 Å². The highest BCUT2D eigenvalue weighted by molar-refractivity contribution is 5.64. The van der Waals surface area contributed by atoms with Gasteiger partial charge in [-0.2, -0.15) is 5.10 Å². The van der Waals surface area contributed by atoms with Crippen LogP contribution < -0.4 is 4.74 Å². The summed E-state index contributed by atoms with van der Waals surface area (Å²) in [4.78, 5) is 11.1. The maximum atomic E-state index is 5.30. The number of nitrogens with one attached hydrogen (secondary N) is 1. The lowest BCUT2D eigenvalue weighted by molar-refractivity contribution is 0.203. The molecule has 2 aromatic heterocycles. The number of aromatic nitrogens is 4. The lowest BCUT2D eigenvalue weighted by Gasteiger charge is -2.31. The Morgan fingerprint density at radius 2 is 1.81 bits per heavy atom. The average Bonchev–Trinajstić information content (AvgIpc) is 3.24. The molecule has 1 saturated heterocycles. The highest BCUT2D eigenvalue weighted by atomic mass is 16.5. The van der Waals surface area contributed by atoms with Gasteiger partial charge in [-0.25, -0.2) is 9.97 Å². The Morgan fingerprint density at radius 3 is 2.50 bits per heavy atom. The van der Waals surface area contributed by atoms with Crippen molar-refractivity contribution >= 4 is 0 Å². The van der Waals surface area contributed by atoms with Gasteiger partial charge in [-0.1, -0.05) is 24.3 Å². The predicted molar refractivity (Wildman–Crippen MR) is 99.9 cm³/mol. The van der Waals surface area contributed by atoms with Crippen molar-refractivity contribution < 1.29 is 4.74 Å². The van der Waals surface area contributed by atoms with E-state index >= 15 is 0 Å². The molecule has 0 bridgehead atoms. The molecule has 6 nitrogen and oxygen atoms in total. The van der Waals surface area contributed by atoms with E-state index in [1.807, 2.05) is 6.20 Å². The van der Waals surface area contributed by atoms with Crippen LogP contribution in [0.3, 0.4) is 0 Å². The normalized spacial score (nSPS) is 15.9. The Hall–Kier alpha value is -2.73. The van der Waals surface area contributed by atoms with Crippen molar-refractivity contribution in [3.05, 3.63) is 60.2 Å². The Kier molecular flexibility index (Phi) is 4.93. The van der Waals surface area contributed by atoms with Crippen molar-refractivity contribution in [2.75, 3.05) is 20.2 Å². The topological polar surface area (TPSA) is 66.9 Å². The van der Waals surface area contributed by atoms with E-state index in [1.165, 1.54) is 24.1 Å². The second kappa shape index (κ2) is 7.66. The summed E-state index contributed by atoms with van der Waals surface area (Å²) in [5, 5.41) is 7.19. The lowest BCUT2D eigenvalue weighted by Crippen LogP contribution is -2.32. The minimum Gasteiger partial charge on any atom is -0.479 e. The van der Waals surface area contributed by atoms with E-state index < -0.39 is 0 Å². The summed E-state index contributed by atoms with van der Waals surface area (Å²) in [5.41, 5.74) is 4.39. The van der Waals surface area contributed by atoms with Crippen LogP contribution >= 0.6 is 0 Å². The minimum atomic E-state index is 0.557. The summed E-state index contributed by atoms with van der Waals surface area (Å²) in [5.74, 6) is 1.17. The largest absolute Gasteiger partial charge is 0.479 e. The van der Waals surface area contributed by atoms with Gasteiger partial charge in [-0.3, -0.25) is 10.00 Å². The predicted octanol–water partition coefficient (Wildman–Crippen LogP) is 3.25. The molecule has 0 atom stereocenters. The second-order valence-corrected chi connectivity index (χ2v) is 6.67. The molecule has 1 N–H and O–H groups in total. The van der Waals surface area contributed by atoms with E-state index in [9.17, 15) is 0 Å². The maximum absolute atomic E-state index is 5.30. The van der Waals surface area contributed by atoms with Crippen LogP contribution in [0.2, 0.25) is 0 Å². The van der Waals surface area contributed by atoms with Crippen LogP contribution in [0.15, 0.2) is 48.9 Å². The average molecular weight is 349 g/mol. The van der Waals surface area contributed by atoms with Gasteiger partial charge in [0.25, 0.3) is 0 Å². The highest BCUT2D eigenvalue weighted by Crippen LogP contribution is 2.28. The van der Waals surface area contributed by atoms with Crippen molar-refractivity contribution in [3.63, 3.8) is 0 Å². The third-order valence-electron chi connectivity index (χ3n) is 5.04. The van der Waals surface area contributed by atoms with Crippen molar-refractivity contribution in [3.8, 4) is 17.1 Å². The molecule has 1 fully saturated rings. The first-order valence-electron chi connectivity index (χ1n) is 8.99. The summed E-state index contributed by atoms with van der Waals surface area (Å²) >= 11 is 0. The highest BCUT2D eigenvalue weighted by Gasteiger charge is 2.21. The molecule has 1 aromatic carbocycles.